The van der Waals surface area contributed by atoms with Gasteiger partial charge in [0.2, 0.25) is 0 Å². The second kappa shape index (κ2) is 6.71. The number of ether oxygens (including phenoxy) is 1. The molecule has 2 unspecified atom stereocenters. The molecule has 2 heterocycles. The van der Waals surface area contributed by atoms with Gasteiger partial charge in [0.1, 0.15) is 5.78 Å². The molecule has 0 amide bonds. The fraction of sp³-hybridized carbons (Fsp3) is 0.476. The first kappa shape index (κ1) is 18.4. The fourth-order valence-corrected chi connectivity index (χ4v) is 4.07. The monoisotopic (exact) mass is 355 g/mol. The maximum atomic E-state index is 13.1. The number of aromatic amines is 1. The zero-order valence-electron chi connectivity index (χ0n) is 16.1. The minimum atomic E-state index is -0.399. The molecular formula is C21H27N2O3+. The Hall–Kier alpha value is -2.43. The largest absolute Gasteiger partial charge is 0.463 e. The smallest absolute Gasteiger partial charge is 0.336 e. The van der Waals surface area contributed by atoms with Gasteiger partial charge in [0.25, 0.3) is 0 Å². The molecule has 1 aromatic rings. The summed E-state index contributed by atoms with van der Waals surface area (Å²) in [5.41, 5.74) is 3.81. The number of hydrogen-bond acceptors (Lipinski definition) is 4. The van der Waals surface area contributed by atoms with Gasteiger partial charge in [-0.2, -0.15) is 0 Å². The number of rotatable bonds is 3. The summed E-state index contributed by atoms with van der Waals surface area (Å²) >= 11 is 0. The summed E-state index contributed by atoms with van der Waals surface area (Å²) in [6.07, 6.45) is 2.59. The minimum absolute atomic E-state index is 0.147. The average Bonchev–Trinajstić information content (AvgIpc) is 2.52. The van der Waals surface area contributed by atoms with Crippen LogP contribution in [0.3, 0.4) is 0 Å². The van der Waals surface area contributed by atoms with Crippen molar-refractivity contribution in [3.8, 4) is 0 Å². The lowest BCUT2D eigenvalue weighted by atomic mass is 9.67. The minimum Gasteiger partial charge on any atom is -0.463 e. The second-order valence-electron chi connectivity index (χ2n) is 7.86. The number of carbonyl (C=O) groups is 2. The van der Waals surface area contributed by atoms with Gasteiger partial charge < -0.3 is 10.1 Å². The Bertz CT molecular complexity index is 820. The molecule has 0 radical (unpaired) electrons. The van der Waals surface area contributed by atoms with E-state index in [1.54, 1.807) is 6.92 Å². The first-order valence-electron chi connectivity index (χ1n) is 9.12. The Kier molecular flexibility index (Phi) is 4.74. The van der Waals surface area contributed by atoms with Gasteiger partial charge in [0.05, 0.1) is 24.0 Å². The lowest BCUT2D eigenvalue weighted by Gasteiger charge is -2.39. The van der Waals surface area contributed by atoms with E-state index in [-0.39, 0.29) is 23.1 Å². The number of fused-ring (bicyclic) bond motifs is 1. The van der Waals surface area contributed by atoms with E-state index in [9.17, 15) is 9.59 Å². The number of aromatic nitrogens is 1. The number of pyridine rings is 1. The van der Waals surface area contributed by atoms with Gasteiger partial charge in [-0.15, -0.1) is 0 Å². The van der Waals surface area contributed by atoms with E-state index >= 15 is 0 Å². The Morgan fingerprint density at radius 2 is 2.04 bits per heavy atom. The van der Waals surface area contributed by atoms with Crippen molar-refractivity contribution in [2.75, 3.05) is 6.61 Å². The lowest BCUT2D eigenvalue weighted by molar-refractivity contribution is -0.402. The molecule has 1 aliphatic carbocycles. The van der Waals surface area contributed by atoms with Crippen LogP contribution in [0.15, 0.2) is 41.2 Å². The molecule has 5 nitrogen and oxygen atoms in total. The van der Waals surface area contributed by atoms with Gasteiger partial charge >= 0.3 is 5.97 Å². The molecule has 2 aliphatic rings. The Morgan fingerprint density at radius 3 is 2.69 bits per heavy atom. The molecule has 0 fully saturated rings. The van der Waals surface area contributed by atoms with E-state index in [0.717, 1.165) is 22.8 Å². The summed E-state index contributed by atoms with van der Waals surface area (Å²) in [7, 11) is 0. The number of esters is 1. The molecule has 138 valence electrons. The zero-order valence-corrected chi connectivity index (χ0v) is 16.1. The summed E-state index contributed by atoms with van der Waals surface area (Å²) in [6.45, 7) is 10.0. The van der Waals surface area contributed by atoms with Crippen LogP contribution in [0, 0.1) is 18.3 Å². The highest BCUT2D eigenvalue weighted by molar-refractivity contribution is 5.96. The number of carbonyl (C=O) groups excluding carboxylic acids is 2. The van der Waals surface area contributed by atoms with Crippen LogP contribution in [0.1, 0.15) is 51.4 Å². The summed E-state index contributed by atoms with van der Waals surface area (Å²) in [4.78, 5) is 29.1. The molecule has 0 bridgehead atoms. The number of ketones is 1. The zero-order chi connectivity index (χ0) is 19.1. The van der Waals surface area contributed by atoms with E-state index in [1.165, 1.54) is 0 Å². The van der Waals surface area contributed by atoms with Crippen molar-refractivity contribution >= 4 is 11.8 Å². The first-order valence-corrected chi connectivity index (χ1v) is 9.12. The molecule has 0 aromatic carbocycles. The number of allylic oxidation sites excluding steroid dienone is 3. The van der Waals surface area contributed by atoms with Crippen LogP contribution >= 0.6 is 0 Å². The van der Waals surface area contributed by atoms with E-state index < -0.39 is 5.92 Å². The van der Waals surface area contributed by atoms with Crippen LogP contribution < -0.4 is 10.3 Å². The van der Waals surface area contributed by atoms with E-state index in [1.807, 2.05) is 32.0 Å². The van der Waals surface area contributed by atoms with Crippen molar-refractivity contribution in [3.63, 3.8) is 0 Å². The number of hydrogen-bond donors (Lipinski definition) is 1. The van der Waals surface area contributed by atoms with E-state index in [0.29, 0.717) is 18.6 Å². The van der Waals surface area contributed by atoms with Crippen LogP contribution in [0.5, 0.6) is 0 Å². The Morgan fingerprint density at radius 1 is 1.31 bits per heavy atom. The van der Waals surface area contributed by atoms with Crippen LogP contribution in [-0.2, 0) is 14.3 Å². The van der Waals surface area contributed by atoms with Crippen LogP contribution in [-0.4, -0.2) is 18.4 Å². The van der Waals surface area contributed by atoms with Crippen LogP contribution in [0.2, 0.25) is 0 Å². The summed E-state index contributed by atoms with van der Waals surface area (Å²) in [6, 6.07) is 5.86. The third kappa shape index (κ3) is 3.30. The molecule has 2 atom stereocenters. The third-order valence-corrected chi connectivity index (χ3v) is 5.03. The van der Waals surface area contributed by atoms with E-state index in [2.05, 4.69) is 30.2 Å². The molecule has 2 N–H and O–H groups in total. The van der Waals surface area contributed by atoms with Crippen molar-refractivity contribution in [1.29, 1.82) is 0 Å². The summed E-state index contributed by atoms with van der Waals surface area (Å²) in [5, 5.41) is 3.31. The first-order chi connectivity index (χ1) is 12.2. The third-order valence-electron chi connectivity index (χ3n) is 5.03. The molecule has 0 spiro atoms. The molecule has 26 heavy (non-hydrogen) atoms. The summed E-state index contributed by atoms with van der Waals surface area (Å²) < 4.78 is 5.31. The van der Waals surface area contributed by atoms with Gasteiger partial charge in [0, 0.05) is 36.9 Å². The normalized spacial score (nSPS) is 24.5. The lowest BCUT2D eigenvalue weighted by Crippen LogP contribution is -2.45. The molecular weight excluding hydrogens is 328 g/mol. The number of H-pyrrole nitrogens is 1. The highest BCUT2D eigenvalue weighted by Crippen LogP contribution is 2.46. The highest BCUT2D eigenvalue weighted by Gasteiger charge is 2.48. The average molecular weight is 355 g/mol. The number of Topliss-reactive ketones (excluding diaryl/α,β-unsaturated/α-hetero) is 1. The molecule has 0 saturated carbocycles. The Balaban J connectivity index is 2.20. The quantitative estimate of drug-likeness (QED) is 0.847. The van der Waals surface area contributed by atoms with Gasteiger partial charge in [-0.1, -0.05) is 19.9 Å². The van der Waals surface area contributed by atoms with Crippen molar-refractivity contribution in [3.05, 3.63) is 52.6 Å². The molecule has 5 heteroatoms. The number of aryl methyl sites for hydroxylation is 1. The standard InChI is InChI=1S/C21H26N2O3/c1-6-26-20(25)17-13(3)23-15-10-21(4,5)11-16(24)18(15)19(17)14-9-7-8-12(2)22-14/h7-10,18-19,23H,6,11H2,1-5H3/p+1. The van der Waals surface area contributed by atoms with Crippen LogP contribution in [0.4, 0.5) is 0 Å². The van der Waals surface area contributed by atoms with Crippen LogP contribution in [0.25, 0.3) is 0 Å². The predicted octanol–water partition coefficient (Wildman–Crippen LogP) is 2.83. The van der Waals surface area contributed by atoms with Crippen molar-refractivity contribution in [1.82, 2.24) is 5.32 Å². The Labute approximate surface area is 154 Å². The topological polar surface area (TPSA) is 69.5 Å². The van der Waals surface area contributed by atoms with Crippen molar-refractivity contribution in [2.45, 2.75) is 47.0 Å². The highest BCUT2D eigenvalue weighted by atomic mass is 16.5. The molecule has 1 aromatic heterocycles. The summed E-state index contributed by atoms with van der Waals surface area (Å²) in [5.74, 6) is -0.988. The van der Waals surface area contributed by atoms with Gasteiger partial charge in [-0.3, -0.25) is 4.79 Å². The van der Waals surface area contributed by atoms with Gasteiger partial charge in [-0.25, -0.2) is 9.78 Å². The van der Waals surface area contributed by atoms with Crippen molar-refractivity contribution in [2.24, 2.45) is 11.3 Å². The molecule has 0 saturated heterocycles. The maximum absolute atomic E-state index is 13.1. The van der Waals surface area contributed by atoms with Gasteiger partial charge in [-0.05, 0) is 25.3 Å². The van der Waals surface area contributed by atoms with Crippen molar-refractivity contribution < 1.29 is 19.3 Å². The van der Waals surface area contributed by atoms with E-state index in [4.69, 9.17) is 4.74 Å². The second-order valence-corrected chi connectivity index (χ2v) is 7.86. The SMILES string of the molecule is CCOC(=O)C1=C(C)NC2=CC(C)(C)CC(=O)C2C1c1cccc(C)[nH+]1. The number of nitrogens with one attached hydrogen (secondary N) is 2. The molecule has 1 aliphatic heterocycles. The predicted molar refractivity (Wildman–Crippen MR) is 97.9 cm³/mol. The molecule has 3 rings (SSSR count). The fourth-order valence-electron chi connectivity index (χ4n) is 4.07. The maximum Gasteiger partial charge on any atom is 0.336 e. The van der Waals surface area contributed by atoms with Gasteiger partial charge in [0.15, 0.2) is 11.4 Å².